The van der Waals surface area contributed by atoms with Gasteiger partial charge in [0.2, 0.25) is 0 Å². The summed E-state index contributed by atoms with van der Waals surface area (Å²) in [7, 11) is 0. The van der Waals surface area contributed by atoms with Crippen molar-refractivity contribution in [2.24, 2.45) is 0 Å². The molecule has 0 radical (unpaired) electrons. The van der Waals surface area contributed by atoms with E-state index in [1.807, 2.05) is 22.7 Å². The summed E-state index contributed by atoms with van der Waals surface area (Å²) >= 11 is 7.17. The first-order valence-corrected chi connectivity index (χ1v) is 31.1. The van der Waals surface area contributed by atoms with Crippen LogP contribution in [0.5, 0.6) is 0 Å². The Labute approximate surface area is 440 Å². The number of thiophene rings is 4. The van der Waals surface area contributed by atoms with Gasteiger partial charge in [-0.25, -0.2) is 0 Å². The van der Waals surface area contributed by atoms with E-state index in [0.717, 1.165) is 46.6 Å². The van der Waals surface area contributed by atoms with E-state index in [1.165, 1.54) is 206 Å². The van der Waals surface area contributed by atoms with Crippen molar-refractivity contribution in [1.82, 2.24) is 0 Å². The van der Waals surface area contributed by atoms with Gasteiger partial charge in [0.15, 0.2) is 0 Å². The van der Waals surface area contributed by atoms with Crippen LogP contribution in [-0.4, -0.2) is 12.4 Å². The summed E-state index contributed by atoms with van der Waals surface area (Å²) in [5.74, 6) is -0.0885. The van der Waals surface area contributed by atoms with Crippen molar-refractivity contribution in [2.45, 2.75) is 251 Å². The van der Waals surface area contributed by atoms with Gasteiger partial charge in [-0.3, -0.25) is 0 Å². The van der Waals surface area contributed by atoms with Crippen LogP contribution in [0.1, 0.15) is 241 Å². The fourth-order valence-corrected chi connectivity index (χ4v) is 15.9. The van der Waals surface area contributed by atoms with Crippen LogP contribution >= 0.6 is 45.3 Å². The lowest BCUT2D eigenvalue weighted by molar-refractivity contribution is -0.0896. The van der Waals surface area contributed by atoms with Crippen LogP contribution in [0, 0.1) is 0 Å². The van der Waals surface area contributed by atoms with Gasteiger partial charge in [-0.1, -0.05) is 211 Å². The molecule has 394 valence electrons. The van der Waals surface area contributed by atoms with Crippen molar-refractivity contribution in [3.8, 4) is 19.5 Å². The summed E-state index contributed by atoms with van der Waals surface area (Å²) in [5, 5.41) is 0. The number of halogens is 6. The van der Waals surface area contributed by atoms with Gasteiger partial charge >= 0.3 is 12.4 Å². The minimum Gasteiger partial charge on any atom is -0.166 e. The van der Waals surface area contributed by atoms with Crippen LogP contribution in [0.2, 0.25) is 0 Å². The van der Waals surface area contributed by atoms with E-state index in [2.05, 4.69) is 58.9 Å². The minimum atomic E-state index is -4.36. The van der Waals surface area contributed by atoms with E-state index < -0.39 is 28.9 Å². The molecule has 10 heteroatoms. The number of hydrogen-bond donors (Lipinski definition) is 0. The Hall–Kier alpha value is -2.40. The molecule has 4 aromatic rings. The standard InChI is InChI=1S/C61H84F6S4/c1-6-8-10-12-14-16-18-20-22-24-26-28-32-46-39-51(44(3)45-34-30-36-49(38-45)60(62,63)64)70-57(46)54-42-52-53(68-54)43-55(69-52)58-47(33-29-27-25-23-21-19-17-15-13-11-9-7-2)40-56(71-58)59(4,5)48-35-31-37-50(41-48)61(65,66)67/h36-44H,6-35H2,1-5H3. The van der Waals surface area contributed by atoms with Crippen molar-refractivity contribution in [3.05, 3.63) is 91.7 Å². The monoisotopic (exact) mass is 1060 g/mol. The molecule has 0 amide bonds. The molecule has 6 rings (SSSR count). The Morgan fingerprint density at radius 3 is 1.35 bits per heavy atom. The fraction of sp³-hybridized carbons (Fsp3) is 0.639. The Kier molecular flexibility index (Phi) is 23.2. The average molecular weight is 1060 g/mol. The summed E-state index contributed by atoms with van der Waals surface area (Å²) in [6.45, 7) is 10.8. The van der Waals surface area contributed by atoms with Crippen molar-refractivity contribution >= 4 is 54.7 Å². The number of fused-ring (bicyclic) bond motifs is 1. The van der Waals surface area contributed by atoms with Crippen molar-refractivity contribution < 1.29 is 26.3 Å². The molecule has 0 saturated carbocycles. The van der Waals surface area contributed by atoms with Crippen molar-refractivity contribution in [3.63, 3.8) is 0 Å². The molecule has 0 nitrogen and oxygen atoms in total. The van der Waals surface area contributed by atoms with Crippen LogP contribution in [0.4, 0.5) is 26.3 Å². The van der Waals surface area contributed by atoms with Gasteiger partial charge in [-0.15, -0.1) is 45.3 Å². The number of allylic oxidation sites excluding steroid dienone is 8. The van der Waals surface area contributed by atoms with Gasteiger partial charge in [0.1, 0.15) is 0 Å². The van der Waals surface area contributed by atoms with Crippen molar-refractivity contribution in [1.29, 1.82) is 0 Å². The highest BCUT2D eigenvalue weighted by atomic mass is 32.1. The Balaban J connectivity index is 1.19. The molecule has 4 aromatic heterocycles. The fourth-order valence-electron chi connectivity index (χ4n) is 10.6. The highest BCUT2D eigenvalue weighted by molar-refractivity contribution is 7.33. The molecule has 2 aliphatic carbocycles. The van der Waals surface area contributed by atoms with Gasteiger partial charge in [0.25, 0.3) is 0 Å². The van der Waals surface area contributed by atoms with Crippen LogP contribution in [-0.2, 0) is 18.3 Å². The second-order valence-electron chi connectivity index (χ2n) is 21.3. The zero-order chi connectivity index (χ0) is 50.9. The second-order valence-corrected chi connectivity index (χ2v) is 25.6. The third kappa shape index (κ3) is 17.3. The zero-order valence-electron chi connectivity index (χ0n) is 43.8. The predicted molar refractivity (Wildman–Crippen MR) is 300 cm³/mol. The number of rotatable bonds is 32. The van der Waals surface area contributed by atoms with Crippen LogP contribution in [0.25, 0.3) is 28.9 Å². The lowest BCUT2D eigenvalue weighted by atomic mass is 9.77. The summed E-state index contributed by atoms with van der Waals surface area (Å²) in [5.41, 5.74) is 2.74. The second kappa shape index (κ2) is 28.5. The highest BCUT2D eigenvalue weighted by Gasteiger charge is 2.37. The molecule has 0 N–H and O–H groups in total. The molecule has 0 saturated heterocycles. The Bertz CT molecular complexity index is 2320. The minimum absolute atomic E-state index is 0.0885. The van der Waals surface area contributed by atoms with E-state index in [0.29, 0.717) is 25.7 Å². The maximum Gasteiger partial charge on any atom is 0.416 e. The third-order valence-electron chi connectivity index (χ3n) is 15.2. The smallest absolute Gasteiger partial charge is 0.166 e. The predicted octanol–water partition coefficient (Wildman–Crippen LogP) is 23.7. The molecule has 1 unspecified atom stereocenters. The molecule has 0 aliphatic heterocycles. The largest absolute Gasteiger partial charge is 0.416 e. The number of alkyl halides is 6. The average Bonchev–Trinajstić information content (AvgIpc) is 4.15. The van der Waals surface area contributed by atoms with Gasteiger partial charge in [0.05, 0.1) is 11.1 Å². The number of hydrogen-bond acceptors (Lipinski definition) is 4. The molecule has 1 atom stereocenters. The first kappa shape index (κ1) is 57.9. The van der Waals surface area contributed by atoms with Crippen molar-refractivity contribution in [2.75, 3.05) is 0 Å². The van der Waals surface area contributed by atoms with Gasteiger partial charge in [-0.2, -0.15) is 26.3 Å². The van der Waals surface area contributed by atoms with Crippen LogP contribution < -0.4 is 0 Å². The maximum atomic E-state index is 13.9. The van der Waals surface area contributed by atoms with E-state index in [4.69, 9.17) is 0 Å². The summed E-state index contributed by atoms with van der Waals surface area (Å²) in [6, 6.07) is 9.30. The molecule has 0 aromatic carbocycles. The lowest BCUT2D eigenvalue weighted by Gasteiger charge is -2.30. The summed E-state index contributed by atoms with van der Waals surface area (Å²) in [4.78, 5) is 7.23. The first-order chi connectivity index (χ1) is 34.1. The molecule has 0 bridgehead atoms. The summed E-state index contributed by atoms with van der Waals surface area (Å²) in [6.07, 6.45) is 31.8. The molecular formula is C61H84F6S4. The van der Waals surface area contributed by atoms with E-state index in [9.17, 15) is 26.3 Å². The molecular weight excluding hydrogens is 975 g/mol. The Morgan fingerprint density at radius 1 is 0.479 bits per heavy atom. The van der Waals surface area contributed by atoms with E-state index >= 15 is 0 Å². The van der Waals surface area contributed by atoms with Crippen LogP contribution in [0.15, 0.2) is 70.9 Å². The SMILES string of the molecule is CCCCCCCCCCCCCCc1cc(C(C)C2=CC(C(F)(F)F)=CCC2)sc1-c1cc2sc(-c3sc(C(C)(C)C4=CC(C(F)(F)F)=CCC4)cc3CCCCCCCCCCCCCC)cc2s1. The molecule has 0 spiro atoms. The van der Waals surface area contributed by atoms with Gasteiger partial charge in [-0.05, 0) is 86.8 Å². The third-order valence-corrected chi connectivity index (χ3v) is 20.7. The van der Waals surface area contributed by atoms with E-state index in [1.54, 1.807) is 22.7 Å². The maximum absolute atomic E-state index is 13.9. The van der Waals surface area contributed by atoms with Gasteiger partial charge in [0, 0.05) is 50.0 Å². The highest BCUT2D eigenvalue weighted by Crippen LogP contribution is 2.51. The molecule has 71 heavy (non-hydrogen) atoms. The molecule has 2 aliphatic rings. The topological polar surface area (TPSA) is 0 Å². The van der Waals surface area contributed by atoms with E-state index in [-0.39, 0.29) is 5.92 Å². The molecule has 4 heterocycles. The number of aryl methyl sites for hydroxylation is 2. The van der Waals surface area contributed by atoms with Gasteiger partial charge < -0.3 is 0 Å². The molecule has 0 fully saturated rings. The zero-order valence-corrected chi connectivity index (χ0v) is 47.1. The number of unbranched alkanes of at least 4 members (excludes halogenated alkanes) is 22. The Morgan fingerprint density at radius 2 is 0.887 bits per heavy atom. The quantitative estimate of drug-likeness (QED) is 0.0338. The summed E-state index contributed by atoms with van der Waals surface area (Å²) < 4.78 is 85.8. The van der Waals surface area contributed by atoms with Crippen LogP contribution in [0.3, 0.4) is 0 Å². The first-order valence-electron chi connectivity index (χ1n) is 27.9. The lowest BCUT2D eigenvalue weighted by Crippen LogP contribution is -2.22. The normalized spacial score (nSPS) is 15.4.